The molecule has 6 rings (SSSR count). The summed E-state index contributed by atoms with van der Waals surface area (Å²) >= 11 is 1.54. The standard InChI is InChI=1S/C31H34F2N4O4S/c1-17-16-42-30(35-17)26-5-3-8-37(26)31(40)23-14-20(13-19-6-9-41-28(19)23)29(39)36-25(27(38)24-4-2-7-34-24)12-18-10-21(32)15-22(33)11-18/h10-11,13-16,24-27,34,38H,2-9,12H2,1H3,(H,36,39). The fourth-order valence-electron chi connectivity index (χ4n) is 6.32. The van der Waals surface area contributed by atoms with Crippen molar-refractivity contribution in [3.63, 3.8) is 0 Å². The number of benzene rings is 2. The van der Waals surface area contributed by atoms with Gasteiger partial charge in [0, 0.05) is 41.7 Å². The molecular formula is C31H34F2N4O4S. The number of aliphatic hydroxyl groups is 1. The number of amides is 2. The lowest BCUT2D eigenvalue weighted by Gasteiger charge is -2.29. The van der Waals surface area contributed by atoms with Crippen molar-refractivity contribution in [2.45, 2.75) is 69.7 Å². The lowest BCUT2D eigenvalue weighted by Crippen LogP contribution is -2.52. The molecule has 2 fully saturated rings. The summed E-state index contributed by atoms with van der Waals surface area (Å²) < 4.78 is 33.8. The van der Waals surface area contributed by atoms with Gasteiger partial charge in [-0.25, -0.2) is 13.8 Å². The highest BCUT2D eigenvalue weighted by Crippen LogP contribution is 2.38. The highest BCUT2D eigenvalue weighted by Gasteiger charge is 2.36. The second-order valence-corrected chi connectivity index (χ2v) is 12.2. The van der Waals surface area contributed by atoms with Gasteiger partial charge in [-0.2, -0.15) is 0 Å². The van der Waals surface area contributed by atoms with E-state index in [4.69, 9.17) is 4.74 Å². The molecule has 3 N–H and O–H groups in total. The Morgan fingerprint density at radius 1 is 1.19 bits per heavy atom. The summed E-state index contributed by atoms with van der Waals surface area (Å²) in [6, 6.07) is 5.26. The van der Waals surface area contributed by atoms with Gasteiger partial charge in [-0.1, -0.05) is 0 Å². The number of ether oxygens (including phenoxy) is 1. The molecule has 3 aliphatic heterocycles. The SMILES string of the molecule is Cc1csc(C2CCCN2C(=O)c2cc(C(=O)NC(Cc3cc(F)cc(F)c3)C(O)C3CCCN3)cc3c2OCC3)n1. The van der Waals surface area contributed by atoms with Crippen LogP contribution in [0.25, 0.3) is 0 Å². The summed E-state index contributed by atoms with van der Waals surface area (Å²) in [6.45, 7) is 3.67. The van der Waals surface area contributed by atoms with Crippen molar-refractivity contribution >= 4 is 23.2 Å². The fourth-order valence-corrected chi connectivity index (χ4v) is 7.26. The number of fused-ring (bicyclic) bond motifs is 1. The molecule has 0 saturated carbocycles. The smallest absolute Gasteiger partial charge is 0.258 e. The zero-order valence-corrected chi connectivity index (χ0v) is 24.2. The molecule has 0 spiro atoms. The number of aromatic nitrogens is 1. The second-order valence-electron chi connectivity index (χ2n) is 11.3. The van der Waals surface area contributed by atoms with Gasteiger partial charge in [0.2, 0.25) is 0 Å². The van der Waals surface area contributed by atoms with Crippen molar-refractivity contribution in [3.05, 3.63) is 80.3 Å². The molecule has 42 heavy (non-hydrogen) atoms. The second kappa shape index (κ2) is 12.1. The highest BCUT2D eigenvalue weighted by molar-refractivity contribution is 7.09. The number of nitrogens with zero attached hydrogens (tertiary/aromatic N) is 2. The van der Waals surface area contributed by atoms with E-state index >= 15 is 0 Å². The van der Waals surface area contributed by atoms with E-state index in [0.29, 0.717) is 36.4 Å². The van der Waals surface area contributed by atoms with Crippen molar-refractivity contribution in [1.82, 2.24) is 20.5 Å². The topological polar surface area (TPSA) is 104 Å². The van der Waals surface area contributed by atoms with E-state index in [1.165, 1.54) is 12.1 Å². The predicted molar refractivity (Wildman–Crippen MR) is 154 cm³/mol. The summed E-state index contributed by atoms with van der Waals surface area (Å²) in [6.07, 6.45) is 2.87. The van der Waals surface area contributed by atoms with Crippen LogP contribution in [-0.4, -0.2) is 64.7 Å². The number of rotatable bonds is 8. The molecule has 4 heterocycles. The summed E-state index contributed by atoms with van der Waals surface area (Å²) in [4.78, 5) is 34.1. The molecule has 2 aromatic carbocycles. The van der Waals surface area contributed by atoms with Crippen molar-refractivity contribution in [1.29, 1.82) is 0 Å². The van der Waals surface area contributed by atoms with E-state index in [-0.39, 0.29) is 30.0 Å². The van der Waals surface area contributed by atoms with Gasteiger partial charge in [-0.15, -0.1) is 11.3 Å². The highest BCUT2D eigenvalue weighted by atomic mass is 32.1. The van der Waals surface area contributed by atoms with Crippen LogP contribution in [0.5, 0.6) is 5.75 Å². The quantitative estimate of drug-likeness (QED) is 0.362. The number of hydrogen-bond acceptors (Lipinski definition) is 7. The Morgan fingerprint density at radius 3 is 2.71 bits per heavy atom. The molecule has 4 unspecified atom stereocenters. The number of likely N-dealkylation sites (tertiary alicyclic amines) is 1. The number of carbonyl (C=O) groups excluding carboxylic acids is 2. The van der Waals surface area contributed by atoms with E-state index in [9.17, 15) is 23.5 Å². The van der Waals surface area contributed by atoms with Gasteiger partial charge < -0.3 is 25.4 Å². The van der Waals surface area contributed by atoms with Crippen molar-refractivity contribution in [2.75, 3.05) is 19.7 Å². The Labute approximate surface area is 247 Å². The zero-order valence-electron chi connectivity index (χ0n) is 23.4. The molecule has 2 amide bonds. The maximum Gasteiger partial charge on any atom is 0.258 e. The van der Waals surface area contributed by atoms with Gasteiger partial charge in [0.15, 0.2) is 0 Å². The number of aryl methyl sites for hydroxylation is 1. The van der Waals surface area contributed by atoms with E-state index in [0.717, 1.165) is 54.6 Å². The van der Waals surface area contributed by atoms with Gasteiger partial charge in [-0.05, 0) is 81.0 Å². The van der Waals surface area contributed by atoms with Crippen LogP contribution in [-0.2, 0) is 12.8 Å². The largest absolute Gasteiger partial charge is 0.492 e. The van der Waals surface area contributed by atoms with Gasteiger partial charge in [0.05, 0.1) is 30.4 Å². The van der Waals surface area contributed by atoms with E-state index in [1.807, 2.05) is 17.2 Å². The minimum absolute atomic E-state index is 0.0301. The van der Waals surface area contributed by atoms with Crippen LogP contribution in [0.15, 0.2) is 35.7 Å². The summed E-state index contributed by atoms with van der Waals surface area (Å²) in [5, 5.41) is 20.3. The van der Waals surface area contributed by atoms with Crippen LogP contribution < -0.4 is 15.4 Å². The predicted octanol–water partition coefficient (Wildman–Crippen LogP) is 4.10. The Hall–Kier alpha value is -3.41. The molecule has 2 saturated heterocycles. The fraction of sp³-hybridized carbons (Fsp3) is 0.452. The number of nitrogens with one attached hydrogen (secondary N) is 2. The normalized spacial score (nSPS) is 21.2. The van der Waals surface area contributed by atoms with Crippen LogP contribution in [0.3, 0.4) is 0 Å². The number of aliphatic hydroxyl groups excluding tert-OH is 1. The van der Waals surface area contributed by atoms with Gasteiger partial charge in [0.1, 0.15) is 22.4 Å². The Kier molecular flexibility index (Phi) is 8.24. The lowest BCUT2D eigenvalue weighted by molar-refractivity contribution is 0.0730. The van der Waals surface area contributed by atoms with Crippen LogP contribution in [0, 0.1) is 18.6 Å². The number of halogens is 2. The minimum Gasteiger partial charge on any atom is -0.492 e. The molecular weight excluding hydrogens is 562 g/mol. The van der Waals surface area contributed by atoms with E-state index in [2.05, 4.69) is 15.6 Å². The third-order valence-corrected chi connectivity index (χ3v) is 9.39. The number of carbonyl (C=O) groups is 2. The van der Waals surface area contributed by atoms with Gasteiger partial charge >= 0.3 is 0 Å². The average molecular weight is 597 g/mol. The van der Waals surface area contributed by atoms with Crippen LogP contribution in [0.2, 0.25) is 0 Å². The Balaban J connectivity index is 1.28. The first-order chi connectivity index (χ1) is 20.3. The summed E-state index contributed by atoms with van der Waals surface area (Å²) in [7, 11) is 0. The van der Waals surface area contributed by atoms with E-state index in [1.54, 1.807) is 23.5 Å². The summed E-state index contributed by atoms with van der Waals surface area (Å²) in [5.41, 5.74) is 2.62. The molecule has 0 radical (unpaired) electrons. The third kappa shape index (κ3) is 5.91. The Bertz CT molecular complexity index is 1470. The van der Waals surface area contributed by atoms with Gasteiger partial charge in [0.25, 0.3) is 11.8 Å². The molecule has 3 aromatic rings. The van der Waals surface area contributed by atoms with Crippen LogP contribution >= 0.6 is 11.3 Å². The third-order valence-electron chi connectivity index (χ3n) is 8.33. The molecule has 0 aliphatic carbocycles. The monoisotopic (exact) mass is 596 g/mol. The van der Waals surface area contributed by atoms with Gasteiger partial charge in [-0.3, -0.25) is 9.59 Å². The van der Waals surface area contributed by atoms with Crippen LogP contribution in [0.1, 0.15) is 74.3 Å². The lowest BCUT2D eigenvalue weighted by atomic mass is 9.94. The van der Waals surface area contributed by atoms with Crippen molar-refractivity contribution in [2.24, 2.45) is 0 Å². The Morgan fingerprint density at radius 2 is 2.00 bits per heavy atom. The zero-order chi connectivity index (χ0) is 29.4. The summed E-state index contributed by atoms with van der Waals surface area (Å²) in [5.74, 6) is -1.64. The van der Waals surface area contributed by atoms with E-state index < -0.39 is 29.7 Å². The first kappa shape index (κ1) is 28.7. The molecule has 8 nitrogen and oxygen atoms in total. The first-order valence-corrected chi connectivity index (χ1v) is 15.3. The number of thiazole rings is 1. The molecule has 0 bridgehead atoms. The molecule has 4 atom stereocenters. The molecule has 11 heteroatoms. The van der Waals surface area contributed by atoms with Crippen molar-refractivity contribution < 1.29 is 28.2 Å². The maximum atomic E-state index is 14.0. The molecule has 222 valence electrons. The minimum atomic E-state index is -0.992. The maximum absolute atomic E-state index is 14.0. The average Bonchev–Trinajstić information content (AvgIpc) is 3.77. The molecule has 1 aromatic heterocycles. The van der Waals surface area contributed by atoms with Crippen LogP contribution in [0.4, 0.5) is 8.78 Å². The number of hydrogen-bond donors (Lipinski definition) is 3. The van der Waals surface area contributed by atoms with Crippen molar-refractivity contribution in [3.8, 4) is 5.75 Å². The first-order valence-electron chi connectivity index (χ1n) is 14.5. The molecule has 3 aliphatic rings.